The minimum absolute atomic E-state index is 0.957. The Hall–Kier alpha value is -1.22. The van der Waals surface area contributed by atoms with Gasteiger partial charge >= 0.3 is 0 Å². The van der Waals surface area contributed by atoms with Crippen LogP contribution >= 0.6 is 11.3 Å². The lowest BCUT2D eigenvalue weighted by Crippen LogP contribution is -1.82. The molecule has 0 spiro atoms. The van der Waals surface area contributed by atoms with Crippen molar-refractivity contribution in [3.8, 4) is 11.4 Å². The second kappa shape index (κ2) is 3.66. The first-order chi connectivity index (χ1) is 6.40. The van der Waals surface area contributed by atoms with E-state index in [9.17, 15) is 0 Å². The summed E-state index contributed by atoms with van der Waals surface area (Å²) in [5, 5.41) is 3.22. The van der Waals surface area contributed by atoms with Crippen molar-refractivity contribution in [1.82, 2.24) is 9.97 Å². The van der Waals surface area contributed by atoms with Gasteiger partial charge in [0.15, 0.2) is 0 Å². The van der Waals surface area contributed by atoms with Gasteiger partial charge in [-0.3, -0.25) is 4.98 Å². The summed E-state index contributed by atoms with van der Waals surface area (Å²) in [6, 6.07) is 5.87. The van der Waals surface area contributed by atoms with E-state index in [4.69, 9.17) is 0 Å². The molecule has 0 saturated carbocycles. The zero-order valence-corrected chi connectivity index (χ0v) is 8.21. The molecule has 2 aromatic heterocycles. The molecule has 0 saturated heterocycles. The van der Waals surface area contributed by atoms with Crippen LogP contribution in [-0.4, -0.2) is 9.97 Å². The molecule has 2 aromatic rings. The molecule has 0 radical (unpaired) electrons. The Balaban J connectivity index is 2.36. The number of aryl methyl sites for hydroxylation is 1. The van der Waals surface area contributed by atoms with E-state index in [1.54, 1.807) is 17.5 Å². The van der Waals surface area contributed by atoms with Crippen molar-refractivity contribution in [2.45, 2.75) is 13.3 Å². The molecular formula is C10H10N2S. The van der Waals surface area contributed by atoms with Crippen molar-refractivity contribution >= 4 is 11.3 Å². The molecule has 0 bridgehead atoms. The minimum Gasteiger partial charge on any atom is -0.255 e. The molecule has 3 heteroatoms. The molecule has 2 heterocycles. The molecule has 0 fully saturated rings. The highest BCUT2D eigenvalue weighted by Gasteiger charge is 2.02. The van der Waals surface area contributed by atoms with E-state index in [0.29, 0.717) is 0 Å². The normalized spacial score (nSPS) is 10.2. The fourth-order valence-electron chi connectivity index (χ4n) is 1.11. The van der Waals surface area contributed by atoms with Crippen LogP contribution in [0.3, 0.4) is 0 Å². The average molecular weight is 190 g/mol. The number of aromatic nitrogens is 2. The number of rotatable bonds is 2. The number of hydrogen-bond acceptors (Lipinski definition) is 3. The first kappa shape index (κ1) is 8.38. The van der Waals surface area contributed by atoms with Gasteiger partial charge in [0, 0.05) is 11.6 Å². The van der Waals surface area contributed by atoms with E-state index in [2.05, 4.69) is 22.3 Å². The summed E-state index contributed by atoms with van der Waals surface area (Å²) in [6.07, 6.45) is 2.79. The van der Waals surface area contributed by atoms with E-state index < -0.39 is 0 Å². The lowest BCUT2D eigenvalue weighted by molar-refractivity contribution is 1.09. The topological polar surface area (TPSA) is 25.8 Å². The highest BCUT2D eigenvalue weighted by atomic mass is 32.1. The number of nitrogens with zero attached hydrogens (tertiary/aromatic N) is 2. The van der Waals surface area contributed by atoms with Gasteiger partial charge < -0.3 is 0 Å². The molecule has 0 atom stereocenters. The van der Waals surface area contributed by atoms with Crippen molar-refractivity contribution < 1.29 is 0 Å². The van der Waals surface area contributed by atoms with Gasteiger partial charge in [0.1, 0.15) is 0 Å². The van der Waals surface area contributed by atoms with Gasteiger partial charge in [0.25, 0.3) is 0 Å². The monoisotopic (exact) mass is 190 g/mol. The third kappa shape index (κ3) is 1.75. The third-order valence-electron chi connectivity index (χ3n) is 1.78. The molecular weight excluding hydrogens is 180 g/mol. The molecule has 66 valence electrons. The first-order valence-corrected chi connectivity index (χ1v) is 5.14. The van der Waals surface area contributed by atoms with Gasteiger partial charge in [-0.15, -0.1) is 11.3 Å². The molecule has 0 unspecified atom stereocenters. The number of pyridine rings is 1. The van der Waals surface area contributed by atoms with Gasteiger partial charge in [0.05, 0.1) is 16.4 Å². The van der Waals surface area contributed by atoms with Crippen molar-refractivity contribution in [2.24, 2.45) is 0 Å². The quantitative estimate of drug-likeness (QED) is 0.727. The van der Waals surface area contributed by atoms with Crippen LogP contribution in [0.5, 0.6) is 0 Å². The van der Waals surface area contributed by atoms with Crippen LogP contribution in [0.2, 0.25) is 0 Å². The van der Waals surface area contributed by atoms with E-state index in [1.807, 2.05) is 18.2 Å². The molecule has 0 aliphatic rings. The lowest BCUT2D eigenvalue weighted by Gasteiger charge is -1.92. The Bertz CT molecular complexity index is 381. The van der Waals surface area contributed by atoms with Crippen LogP contribution in [-0.2, 0) is 6.42 Å². The summed E-state index contributed by atoms with van der Waals surface area (Å²) in [5.41, 5.74) is 1.95. The molecule has 0 amide bonds. The van der Waals surface area contributed by atoms with Gasteiger partial charge in [-0.1, -0.05) is 13.0 Å². The van der Waals surface area contributed by atoms with Crippen LogP contribution in [0.25, 0.3) is 11.4 Å². The predicted octanol–water partition coefficient (Wildman–Crippen LogP) is 2.77. The Morgan fingerprint density at radius 3 is 2.85 bits per heavy atom. The Labute approximate surface area is 81.3 Å². The summed E-state index contributed by atoms with van der Waals surface area (Å²) in [5.74, 6) is 0. The van der Waals surface area contributed by atoms with E-state index in [1.165, 1.54) is 5.01 Å². The smallest absolute Gasteiger partial charge is 0.0998 e. The summed E-state index contributed by atoms with van der Waals surface area (Å²) >= 11 is 1.69. The van der Waals surface area contributed by atoms with Gasteiger partial charge in [-0.2, -0.15) is 0 Å². The summed E-state index contributed by atoms with van der Waals surface area (Å²) in [7, 11) is 0. The van der Waals surface area contributed by atoms with Crippen molar-refractivity contribution in [1.29, 1.82) is 0 Å². The highest BCUT2D eigenvalue weighted by Crippen LogP contribution is 2.19. The molecule has 0 aliphatic carbocycles. The van der Waals surface area contributed by atoms with Crippen molar-refractivity contribution in [3.05, 3.63) is 34.8 Å². The molecule has 2 rings (SSSR count). The zero-order valence-electron chi connectivity index (χ0n) is 7.40. The number of hydrogen-bond donors (Lipinski definition) is 0. The maximum Gasteiger partial charge on any atom is 0.0998 e. The van der Waals surface area contributed by atoms with Gasteiger partial charge in [-0.05, 0) is 18.6 Å². The Morgan fingerprint density at radius 1 is 1.31 bits per heavy atom. The molecule has 0 aromatic carbocycles. The number of thiazole rings is 1. The van der Waals surface area contributed by atoms with Crippen molar-refractivity contribution in [3.63, 3.8) is 0 Å². The minimum atomic E-state index is 0.957. The summed E-state index contributed by atoms with van der Waals surface area (Å²) < 4.78 is 0. The summed E-state index contributed by atoms with van der Waals surface area (Å²) in [6.45, 7) is 2.11. The SMILES string of the molecule is CCc1nc(-c2ccccn2)cs1. The standard InChI is InChI=1S/C10H10N2S/c1-2-10-12-9(7-13-10)8-5-3-4-6-11-8/h3-7H,2H2,1H3. The first-order valence-electron chi connectivity index (χ1n) is 4.26. The van der Waals surface area contributed by atoms with Crippen LogP contribution in [0.15, 0.2) is 29.8 Å². The summed E-state index contributed by atoms with van der Waals surface area (Å²) in [4.78, 5) is 8.70. The van der Waals surface area contributed by atoms with Gasteiger partial charge in [0.2, 0.25) is 0 Å². The Morgan fingerprint density at radius 2 is 2.23 bits per heavy atom. The third-order valence-corrected chi connectivity index (χ3v) is 2.77. The van der Waals surface area contributed by atoms with Crippen molar-refractivity contribution in [2.75, 3.05) is 0 Å². The second-order valence-corrected chi connectivity index (χ2v) is 3.64. The van der Waals surface area contributed by atoms with Gasteiger partial charge in [-0.25, -0.2) is 4.98 Å². The predicted molar refractivity (Wildman–Crippen MR) is 54.7 cm³/mol. The zero-order chi connectivity index (χ0) is 9.10. The molecule has 0 N–H and O–H groups in total. The second-order valence-electron chi connectivity index (χ2n) is 2.70. The fourth-order valence-corrected chi connectivity index (χ4v) is 1.84. The van der Waals surface area contributed by atoms with Crippen LogP contribution in [0.1, 0.15) is 11.9 Å². The fraction of sp³-hybridized carbons (Fsp3) is 0.200. The maximum atomic E-state index is 4.46. The van der Waals surface area contributed by atoms with Crippen LogP contribution < -0.4 is 0 Å². The van der Waals surface area contributed by atoms with Crippen LogP contribution in [0, 0.1) is 0 Å². The molecule has 0 aliphatic heterocycles. The molecule has 2 nitrogen and oxygen atoms in total. The Kier molecular flexibility index (Phi) is 2.36. The molecule has 13 heavy (non-hydrogen) atoms. The lowest BCUT2D eigenvalue weighted by atomic mass is 10.3. The van der Waals surface area contributed by atoms with E-state index in [0.717, 1.165) is 17.8 Å². The highest BCUT2D eigenvalue weighted by molar-refractivity contribution is 7.09. The van der Waals surface area contributed by atoms with E-state index in [-0.39, 0.29) is 0 Å². The van der Waals surface area contributed by atoms with E-state index >= 15 is 0 Å². The van der Waals surface area contributed by atoms with Crippen LogP contribution in [0.4, 0.5) is 0 Å². The largest absolute Gasteiger partial charge is 0.255 e. The average Bonchev–Trinajstić information content (AvgIpc) is 2.67. The maximum absolute atomic E-state index is 4.46.